The highest BCUT2D eigenvalue weighted by molar-refractivity contribution is 9.10. The predicted octanol–water partition coefficient (Wildman–Crippen LogP) is 4.64. The Morgan fingerprint density at radius 3 is 2.72 bits per heavy atom. The molecule has 0 N–H and O–H groups in total. The number of nitrogens with zero attached hydrogens (tertiary/aromatic N) is 2. The van der Waals surface area contributed by atoms with Crippen LogP contribution in [-0.4, -0.2) is 55.4 Å². The molecule has 0 radical (unpaired) electrons. The smallest absolute Gasteiger partial charge is 0.344 e. The summed E-state index contributed by atoms with van der Waals surface area (Å²) in [6.45, 7) is 2.58. The number of hydrogen-bond donors (Lipinski definition) is 0. The molecule has 1 saturated heterocycles. The van der Waals surface area contributed by atoms with Crippen molar-refractivity contribution in [1.29, 1.82) is 0 Å². The first kappa shape index (κ1) is 24.0. The fraction of sp³-hybridized carbons (Fsp3) is 0.261. The van der Waals surface area contributed by atoms with Crippen molar-refractivity contribution in [2.24, 2.45) is 4.99 Å². The molecular formula is C23H23BrN2O5S. The summed E-state index contributed by atoms with van der Waals surface area (Å²) >= 11 is 4.73. The second-order valence-corrected chi connectivity index (χ2v) is 8.49. The fourth-order valence-electron chi connectivity index (χ4n) is 2.83. The Balaban J connectivity index is 1.90. The number of aliphatic imine (C=N–C) groups is 1. The maximum absolute atomic E-state index is 13.1. The average Bonchev–Trinajstić information content (AvgIpc) is 3.06. The number of amidine groups is 1. The van der Waals surface area contributed by atoms with Crippen molar-refractivity contribution in [3.05, 3.63) is 63.5 Å². The second kappa shape index (κ2) is 11.8. The lowest BCUT2D eigenvalue weighted by Crippen LogP contribution is -2.32. The molecule has 168 valence electrons. The Labute approximate surface area is 199 Å². The molecule has 0 unspecified atom stereocenters. The van der Waals surface area contributed by atoms with Crippen molar-refractivity contribution < 1.29 is 23.8 Å². The van der Waals surface area contributed by atoms with Gasteiger partial charge in [0.1, 0.15) is 5.75 Å². The molecule has 0 saturated carbocycles. The van der Waals surface area contributed by atoms with Gasteiger partial charge in [0.05, 0.1) is 30.4 Å². The van der Waals surface area contributed by atoms with Crippen LogP contribution in [0.1, 0.15) is 12.5 Å². The third-order valence-electron chi connectivity index (χ3n) is 4.30. The molecule has 7 nitrogen and oxygen atoms in total. The van der Waals surface area contributed by atoms with Gasteiger partial charge in [0.15, 0.2) is 11.8 Å². The van der Waals surface area contributed by atoms with Crippen molar-refractivity contribution >= 4 is 56.5 Å². The molecule has 2 aromatic rings. The van der Waals surface area contributed by atoms with Gasteiger partial charge in [0.2, 0.25) is 0 Å². The van der Waals surface area contributed by atoms with Crippen molar-refractivity contribution in [2.45, 2.75) is 6.92 Å². The largest absolute Gasteiger partial charge is 0.481 e. The van der Waals surface area contributed by atoms with Crippen LogP contribution in [0.2, 0.25) is 0 Å². The van der Waals surface area contributed by atoms with Crippen molar-refractivity contribution in [3.8, 4) is 5.75 Å². The first-order valence-corrected chi connectivity index (χ1v) is 11.5. The molecule has 0 aromatic heterocycles. The molecule has 1 fully saturated rings. The highest BCUT2D eigenvalue weighted by Crippen LogP contribution is 2.36. The second-order valence-electron chi connectivity index (χ2n) is 6.57. The SMILES string of the molecule is CCOC(=O)COc1ccc(Br)cc1C=C1SC(=Nc2ccccc2)N(CCOC)C1=O. The van der Waals surface area contributed by atoms with E-state index in [2.05, 4.69) is 20.9 Å². The summed E-state index contributed by atoms with van der Waals surface area (Å²) in [6.07, 6.45) is 1.74. The van der Waals surface area contributed by atoms with E-state index in [0.29, 0.717) is 34.5 Å². The van der Waals surface area contributed by atoms with Crippen molar-refractivity contribution in [2.75, 3.05) is 33.5 Å². The van der Waals surface area contributed by atoms with E-state index in [9.17, 15) is 9.59 Å². The van der Waals surface area contributed by atoms with Crippen LogP contribution in [0.3, 0.4) is 0 Å². The predicted molar refractivity (Wildman–Crippen MR) is 129 cm³/mol. The fourth-order valence-corrected chi connectivity index (χ4v) is 4.22. The molecule has 1 aliphatic heterocycles. The monoisotopic (exact) mass is 518 g/mol. The van der Waals surface area contributed by atoms with Gasteiger partial charge in [-0.25, -0.2) is 9.79 Å². The van der Waals surface area contributed by atoms with Crippen LogP contribution >= 0.6 is 27.7 Å². The topological polar surface area (TPSA) is 77.4 Å². The van der Waals surface area contributed by atoms with E-state index < -0.39 is 5.97 Å². The highest BCUT2D eigenvalue weighted by atomic mass is 79.9. The van der Waals surface area contributed by atoms with Crippen LogP contribution in [-0.2, 0) is 19.1 Å². The summed E-state index contributed by atoms with van der Waals surface area (Å²) in [5.41, 5.74) is 1.42. The van der Waals surface area contributed by atoms with Gasteiger partial charge in [0, 0.05) is 17.1 Å². The molecule has 32 heavy (non-hydrogen) atoms. The number of thioether (sulfide) groups is 1. The van der Waals surface area contributed by atoms with Crippen LogP contribution in [0.25, 0.3) is 6.08 Å². The first-order valence-electron chi connectivity index (χ1n) is 9.94. The number of hydrogen-bond acceptors (Lipinski definition) is 7. The van der Waals surface area contributed by atoms with Gasteiger partial charge in [-0.05, 0) is 55.1 Å². The zero-order chi connectivity index (χ0) is 22.9. The molecule has 1 aliphatic rings. The van der Waals surface area contributed by atoms with Crippen molar-refractivity contribution in [1.82, 2.24) is 4.90 Å². The number of methoxy groups -OCH3 is 1. The van der Waals surface area contributed by atoms with Gasteiger partial charge in [-0.2, -0.15) is 0 Å². The summed E-state index contributed by atoms with van der Waals surface area (Å²) in [5, 5.41) is 0.577. The van der Waals surface area contributed by atoms with Crippen molar-refractivity contribution in [3.63, 3.8) is 0 Å². The van der Waals surface area contributed by atoms with E-state index in [1.54, 1.807) is 37.1 Å². The number of para-hydroxylation sites is 1. The van der Waals surface area contributed by atoms with Crippen LogP contribution in [0.5, 0.6) is 5.75 Å². The maximum Gasteiger partial charge on any atom is 0.344 e. The van der Waals surface area contributed by atoms with E-state index in [1.165, 1.54) is 11.8 Å². The lowest BCUT2D eigenvalue weighted by molar-refractivity contribution is -0.145. The van der Waals surface area contributed by atoms with E-state index in [1.807, 2.05) is 36.4 Å². The highest BCUT2D eigenvalue weighted by Gasteiger charge is 2.33. The molecule has 1 amide bonds. The third kappa shape index (κ3) is 6.44. The van der Waals surface area contributed by atoms with E-state index in [0.717, 1.165) is 10.2 Å². The summed E-state index contributed by atoms with van der Waals surface area (Å²) in [5.74, 6) is -0.152. The lowest BCUT2D eigenvalue weighted by Gasteiger charge is -2.14. The quantitative estimate of drug-likeness (QED) is 0.355. The molecule has 0 spiro atoms. The van der Waals surface area contributed by atoms with Crippen LogP contribution in [0.4, 0.5) is 5.69 Å². The summed E-state index contributed by atoms with van der Waals surface area (Å²) in [7, 11) is 1.59. The number of carbonyl (C=O) groups is 2. The minimum absolute atomic E-state index is 0.168. The molecule has 2 aromatic carbocycles. The summed E-state index contributed by atoms with van der Waals surface area (Å²) in [4.78, 5) is 31.6. The number of halogens is 1. The number of carbonyl (C=O) groups excluding carboxylic acids is 2. The zero-order valence-electron chi connectivity index (χ0n) is 17.7. The zero-order valence-corrected chi connectivity index (χ0v) is 20.1. The average molecular weight is 519 g/mol. The standard InChI is InChI=1S/C23H23BrN2O5S/c1-3-30-21(27)15-31-19-10-9-17(24)13-16(19)14-20-22(28)26(11-12-29-2)23(32-20)25-18-7-5-4-6-8-18/h4-10,13-14H,3,11-12,15H2,1-2H3. The Bertz CT molecular complexity index is 1030. The third-order valence-corrected chi connectivity index (χ3v) is 5.80. The van der Waals surface area contributed by atoms with Gasteiger partial charge in [-0.1, -0.05) is 34.1 Å². The molecule has 0 atom stereocenters. The minimum Gasteiger partial charge on any atom is -0.481 e. The lowest BCUT2D eigenvalue weighted by atomic mass is 10.2. The first-order chi connectivity index (χ1) is 15.5. The molecule has 3 rings (SSSR count). The van der Waals surface area contributed by atoms with E-state index in [-0.39, 0.29) is 19.1 Å². The Hall–Kier alpha value is -2.62. The van der Waals surface area contributed by atoms with E-state index >= 15 is 0 Å². The number of ether oxygens (including phenoxy) is 3. The van der Waals surface area contributed by atoms with Crippen LogP contribution < -0.4 is 4.74 Å². The van der Waals surface area contributed by atoms with Crippen LogP contribution in [0, 0.1) is 0 Å². The van der Waals surface area contributed by atoms with Gasteiger partial charge in [-0.15, -0.1) is 0 Å². The Kier molecular flexibility index (Phi) is 8.90. The molecular weight excluding hydrogens is 496 g/mol. The van der Waals surface area contributed by atoms with E-state index in [4.69, 9.17) is 14.2 Å². The number of benzene rings is 2. The van der Waals surface area contributed by atoms with Gasteiger partial charge in [-0.3, -0.25) is 9.69 Å². The number of amides is 1. The van der Waals surface area contributed by atoms with Crippen LogP contribution in [0.15, 0.2) is 62.9 Å². The van der Waals surface area contributed by atoms with Gasteiger partial charge >= 0.3 is 5.97 Å². The Morgan fingerprint density at radius 2 is 2.00 bits per heavy atom. The number of rotatable bonds is 9. The Morgan fingerprint density at radius 1 is 1.22 bits per heavy atom. The molecule has 0 aliphatic carbocycles. The maximum atomic E-state index is 13.1. The molecule has 1 heterocycles. The number of esters is 1. The van der Waals surface area contributed by atoms with Gasteiger partial charge in [0.25, 0.3) is 5.91 Å². The molecule has 9 heteroatoms. The normalized spacial score (nSPS) is 16.1. The van der Waals surface area contributed by atoms with Gasteiger partial charge < -0.3 is 14.2 Å². The summed E-state index contributed by atoms with van der Waals surface area (Å²) < 4.78 is 16.5. The molecule has 0 bridgehead atoms. The summed E-state index contributed by atoms with van der Waals surface area (Å²) in [6, 6.07) is 14.8. The minimum atomic E-state index is -0.455.